The van der Waals surface area contributed by atoms with E-state index in [0.29, 0.717) is 19.8 Å². The van der Waals surface area contributed by atoms with E-state index < -0.39 is 0 Å². The van der Waals surface area contributed by atoms with Gasteiger partial charge in [-0.05, 0) is 17.2 Å². The Hall–Kier alpha value is -1.73. The average Bonchev–Trinajstić information content (AvgIpc) is 2.67. The van der Waals surface area contributed by atoms with E-state index in [-0.39, 0.29) is 11.4 Å². The summed E-state index contributed by atoms with van der Waals surface area (Å²) in [5.41, 5.74) is 3.32. The zero-order valence-electron chi connectivity index (χ0n) is 14.7. The summed E-state index contributed by atoms with van der Waals surface area (Å²) in [6, 6.07) is 10.5. The molecule has 7 heteroatoms. The Labute approximate surface area is 158 Å². The zero-order chi connectivity index (χ0) is 17.8. The van der Waals surface area contributed by atoms with Crippen LogP contribution in [0.4, 0.5) is 5.82 Å². The van der Waals surface area contributed by atoms with Crippen molar-refractivity contribution in [1.82, 2.24) is 14.9 Å². The maximum absolute atomic E-state index is 6.07. The van der Waals surface area contributed by atoms with Crippen molar-refractivity contribution >= 4 is 17.4 Å². The van der Waals surface area contributed by atoms with Gasteiger partial charge < -0.3 is 14.8 Å². The molecule has 1 atom stereocenters. The minimum atomic E-state index is 0.112. The summed E-state index contributed by atoms with van der Waals surface area (Å²) in [6.07, 6.45) is 0.887. The van der Waals surface area contributed by atoms with Crippen molar-refractivity contribution in [3.63, 3.8) is 0 Å². The molecule has 2 aliphatic rings. The van der Waals surface area contributed by atoms with Crippen molar-refractivity contribution in [2.24, 2.45) is 0 Å². The second kappa shape index (κ2) is 8.31. The number of ether oxygens (including phenoxy) is 2. The largest absolute Gasteiger partial charge is 0.376 e. The molecule has 1 unspecified atom stereocenters. The Morgan fingerprint density at radius 2 is 2.08 bits per heavy atom. The van der Waals surface area contributed by atoms with Crippen LogP contribution < -0.4 is 5.32 Å². The molecule has 1 N–H and O–H groups in total. The fourth-order valence-corrected chi connectivity index (χ4v) is 3.63. The number of morpholine rings is 1. The van der Waals surface area contributed by atoms with E-state index in [1.807, 2.05) is 6.07 Å². The lowest BCUT2D eigenvalue weighted by atomic mass is 10.1. The normalized spacial score (nSPS) is 20.6. The van der Waals surface area contributed by atoms with E-state index in [1.165, 1.54) is 5.56 Å². The third-order valence-electron chi connectivity index (χ3n) is 4.76. The van der Waals surface area contributed by atoms with Gasteiger partial charge in [0, 0.05) is 38.2 Å². The minimum absolute atomic E-state index is 0.112. The van der Waals surface area contributed by atoms with Crippen molar-refractivity contribution in [3.05, 3.63) is 52.4 Å². The van der Waals surface area contributed by atoms with Gasteiger partial charge in [0.1, 0.15) is 5.82 Å². The first-order chi connectivity index (χ1) is 12.8. The van der Waals surface area contributed by atoms with Gasteiger partial charge in [-0.1, -0.05) is 30.3 Å². The minimum Gasteiger partial charge on any atom is -0.376 e. The van der Waals surface area contributed by atoms with Gasteiger partial charge >= 0.3 is 0 Å². The molecule has 138 valence electrons. The molecule has 26 heavy (non-hydrogen) atoms. The molecule has 0 bridgehead atoms. The highest BCUT2D eigenvalue weighted by atomic mass is 35.5. The molecule has 1 fully saturated rings. The summed E-state index contributed by atoms with van der Waals surface area (Å²) in [6.45, 7) is 5.42. The first kappa shape index (κ1) is 17.7. The summed E-state index contributed by atoms with van der Waals surface area (Å²) in [7, 11) is 0. The van der Waals surface area contributed by atoms with Gasteiger partial charge in [0.25, 0.3) is 0 Å². The number of halogens is 1. The fraction of sp³-hybridized carbons (Fsp3) is 0.474. The van der Waals surface area contributed by atoms with Crippen molar-refractivity contribution in [1.29, 1.82) is 0 Å². The third kappa shape index (κ3) is 4.32. The smallest absolute Gasteiger partial charge is 0.224 e. The number of nitrogens with one attached hydrogen (secondary N) is 1. The van der Waals surface area contributed by atoms with E-state index in [1.54, 1.807) is 0 Å². The summed E-state index contributed by atoms with van der Waals surface area (Å²) in [5, 5.41) is 3.68. The molecule has 2 aromatic rings. The second-order valence-electron chi connectivity index (χ2n) is 6.66. The monoisotopic (exact) mass is 374 g/mol. The Morgan fingerprint density at radius 1 is 1.19 bits per heavy atom. The van der Waals surface area contributed by atoms with Crippen molar-refractivity contribution < 1.29 is 9.47 Å². The zero-order valence-corrected chi connectivity index (χ0v) is 15.4. The molecule has 2 aliphatic heterocycles. The molecule has 1 aromatic carbocycles. The van der Waals surface area contributed by atoms with E-state index in [4.69, 9.17) is 21.1 Å². The number of nitrogens with zero attached hydrogens (tertiary/aromatic N) is 3. The van der Waals surface area contributed by atoms with Crippen LogP contribution in [0.3, 0.4) is 0 Å². The Balaban J connectivity index is 1.37. The van der Waals surface area contributed by atoms with Crippen LogP contribution >= 0.6 is 11.6 Å². The summed E-state index contributed by atoms with van der Waals surface area (Å²) in [5.74, 6) is 0.767. The maximum atomic E-state index is 6.07. The van der Waals surface area contributed by atoms with Gasteiger partial charge in [0.2, 0.25) is 5.28 Å². The maximum Gasteiger partial charge on any atom is 0.224 e. The number of hydrogen-bond acceptors (Lipinski definition) is 6. The van der Waals surface area contributed by atoms with Crippen LogP contribution in [0.25, 0.3) is 0 Å². The number of fused-ring (bicyclic) bond motifs is 1. The SMILES string of the molecule is Clc1nc2c(c(NCC3CN(Cc4ccccc4)CCO3)n1)COCC2. The summed E-state index contributed by atoms with van der Waals surface area (Å²) < 4.78 is 11.5. The Bertz CT molecular complexity index is 744. The van der Waals surface area contributed by atoms with Crippen LogP contribution in [0.2, 0.25) is 5.28 Å². The predicted molar refractivity (Wildman–Crippen MR) is 100 cm³/mol. The van der Waals surface area contributed by atoms with Crippen LogP contribution in [-0.2, 0) is 29.0 Å². The molecule has 4 rings (SSSR count). The molecule has 0 aliphatic carbocycles. The number of anilines is 1. The lowest BCUT2D eigenvalue weighted by molar-refractivity contribution is -0.0241. The van der Waals surface area contributed by atoms with E-state index in [0.717, 1.165) is 49.7 Å². The molecule has 6 nitrogen and oxygen atoms in total. The second-order valence-corrected chi connectivity index (χ2v) is 7.00. The topological polar surface area (TPSA) is 59.5 Å². The number of benzene rings is 1. The molecule has 1 saturated heterocycles. The highest BCUT2D eigenvalue weighted by Gasteiger charge is 2.22. The average molecular weight is 375 g/mol. The van der Waals surface area contributed by atoms with E-state index >= 15 is 0 Å². The first-order valence-corrected chi connectivity index (χ1v) is 9.40. The third-order valence-corrected chi connectivity index (χ3v) is 4.93. The van der Waals surface area contributed by atoms with Crippen molar-refractivity contribution in [2.75, 3.05) is 38.2 Å². The highest BCUT2D eigenvalue weighted by Crippen LogP contribution is 2.24. The molecule has 0 saturated carbocycles. The van der Waals surface area contributed by atoms with Gasteiger partial charge in [-0.2, -0.15) is 0 Å². The molecular weight excluding hydrogens is 352 g/mol. The summed E-state index contributed by atoms with van der Waals surface area (Å²) in [4.78, 5) is 11.1. The van der Waals surface area contributed by atoms with Gasteiger partial charge in [-0.15, -0.1) is 0 Å². The first-order valence-electron chi connectivity index (χ1n) is 9.03. The van der Waals surface area contributed by atoms with Gasteiger partial charge in [0.05, 0.1) is 31.6 Å². The number of rotatable bonds is 5. The summed E-state index contributed by atoms with van der Waals surface area (Å²) >= 11 is 6.07. The van der Waals surface area contributed by atoms with E-state index in [2.05, 4.69) is 44.5 Å². The van der Waals surface area contributed by atoms with E-state index in [9.17, 15) is 0 Å². The molecule has 0 amide bonds. The van der Waals surface area contributed by atoms with Gasteiger partial charge in [-0.3, -0.25) is 4.90 Å². The predicted octanol–water partition coefficient (Wildman–Crippen LogP) is 2.52. The molecule has 0 radical (unpaired) electrons. The van der Waals surface area contributed by atoms with Crippen LogP contribution in [0, 0.1) is 0 Å². The Morgan fingerprint density at radius 3 is 2.96 bits per heavy atom. The van der Waals surface area contributed by atoms with Crippen LogP contribution in [-0.4, -0.2) is 53.8 Å². The molecule has 0 spiro atoms. The standard InChI is InChI=1S/C19H23ClN4O2/c20-19-22-17-6-8-25-13-16(17)18(23-19)21-10-15-12-24(7-9-26-15)11-14-4-2-1-3-5-14/h1-5,15H,6-13H2,(H,21,22,23). The Kier molecular flexibility index (Phi) is 5.65. The van der Waals surface area contributed by atoms with Crippen LogP contribution in [0.15, 0.2) is 30.3 Å². The van der Waals surface area contributed by atoms with Crippen LogP contribution in [0.1, 0.15) is 16.8 Å². The van der Waals surface area contributed by atoms with Crippen molar-refractivity contribution in [3.8, 4) is 0 Å². The number of aromatic nitrogens is 2. The quantitative estimate of drug-likeness (QED) is 0.811. The molecular formula is C19H23ClN4O2. The fourth-order valence-electron chi connectivity index (χ4n) is 3.45. The van der Waals surface area contributed by atoms with Gasteiger partial charge in [0.15, 0.2) is 0 Å². The number of hydrogen-bond donors (Lipinski definition) is 1. The van der Waals surface area contributed by atoms with Crippen LogP contribution in [0.5, 0.6) is 0 Å². The molecule has 1 aromatic heterocycles. The van der Waals surface area contributed by atoms with Crippen molar-refractivity contribution in [2.45, 2.75) is 25.7 Å². The molecule has 3 heterocycles. The lowest BCUT2D eigenvalue weighted by Crippen LogP contribution is -2.44. The lowest BCUT2D eigenvalue weighted by Gasteiger charge is -2.33. The van der Waals surface area contributed by atoms with Gasteiger partial charge in [-0.25, -0.2) is 9.97 Å². The highest BCUT2D eigenvalue weighted by molar-refractivity contribution is 6.28.